The maximum absolute atomic E-state index is 12.5. The second-order valence-electron chi connectivity index (χ2n) is 8.55. The molecule has 0 unspecified atom stereocenters. The Bertz CT molecular complexity index is 1780. The predicted octanol–water partition coefficient (Wildman–Crippen LogP) is 2.11. The number of methoxy groups -OCH3 is 1. The van der Waals surface area contributed by atoms with Gasteiger partial charge in [0, 0.05) is 19.7 Å². The summed E-state index contributed by atoms with van der Waals surface area (Å²) in [6, 6.07) is 12.8. The molecule has 1 atom stereocenters. The third-order valence-corrected chi connectivity index (χ3v) is 5.97. The molecular formula is C26H26ClN7O7. The van der Waals surface area contributed by atoms with Crippen LogP contribution in [-0.4, -0.2) is 54.2 Å². The molecule has 0 aliphatic heterocycles. The van der Waals surface area contributed by atoms with Crippen molar-refractivity contribution in [3.8, 4) is 0 Å². The normalized spacial score (nSPS) is 11.2. The highest BCUT2D eigenvalue weighted by Gasteiger charge is 2.19. The van der Waals surface area contributed by atoms with E-state index in [2.05, 4.69) is 25.1 Å². The number of rotatable bonds is 6. The Morgan fingerprint density at radius 2 is 1.85 bits per heavy atom. The van der Waals surface area contributed by atoms with Gasteiger partial charge in [-0.1, -0.05) is 18.2 Å². The molecule has 0 bridgehead atoms. The fraction of sp³-hybridized carbons (Fsp3) is 0.192. The Morgan fingerprint density at radius 3 is 2.49 bits per heavy atom. The van der Waals surface area contributed by atoms with Crippen molar-refractivity contribution in [1.82, 2.24) is 29.5 Å². The van der Waals surface area contributed by atoms with Gasteiger partial charge in [-0.25, -0.2) is 19.4 Å². The number of halogens is 1. The number of carbonyl (C=O) groups is 3. The maximum atomic E-state index is 12.5. The highest BCUT2D eigenvalue weighted by molar-refractivity contribution is 5.96. The molecule has 5 rings (SSSR count). The van der Waals surface area contributed by atoms with Crippen molar-refractivity contribution in [3.05, 3.63) is 93.5 Å². The van der Waals surface area contributed by atoms with Gasteiger partial charge in [-0.2, -0.15) is 14.6 Å². The Labute approximate surface area is 238 Å². The van der Waals surface area contributed by atoms with Gasteiger partial charge in [-0.3, -0.25) is 9.36 Å². The number of esters is 1. The van der Waals surface area contributed by atoms with Crippen LogP contribution in [0.5, 0.6) is 0 Å². The summed E-state index contributed by atoms with van der Waals surface area (Å²) in [6.07, 6.45) is 1.15. The number of ether oxygens (including phenoxy) is 1. The van der Waals surface area contributed by atoms with Crippen LogP contribution in [-0.2, 0) is 18.3 Å². The quantitative estimate of drug-likeness (QED) is 0.247. The molecule has 0 aliphatic rings. The summed E-state index contributed by atoms with van der Waals surface area (Å²) in [5, 5.41) is 15.8. The number of nitrogens with zero attached hydrogens (tertiary/aromatic N) is 5. The van der Waals surface area contributed by atoms with Gasteiger partial charge in [-0.05, 0) is 42.3 Å². The number of fused-ring (bicyclic) bond motifs is 2. The third kappa shape index (κ3) is 6.57. The van der Waals surface area contributed by atoms with Crippen LogP contribution in [0.25, 0.3) is 16.9 Å². The summed E-state index contributed by atoms with van der Waals surface area (Å²) < 4.78 is 12.1. The molecule has 41 heavy (non-hydrogen) atoms. The number of oxazole rings is 1. The Morgan fingerprint density at radius 1 is 1.15 bits per heavy atom. The second-order valence-corrected chi connectivity index (χ2v) is 8.55. The van der Waals surface area contributed by atoms with E-state index in [4.69, 9.17) is 10.2 Å². The lowest BCUT2D eigenvalue weighted by atomic mass is 10.1. The summed E-state index contributed by atoms with van der Waals surface area (Å²) in [4.78, 5) is 54.3. The average molecular weight is 584 g/mol. The van der Waals surface area contributed by atoms with Crippen molar-refractivity contribution in [3.63, 3.8) is 0 Å². The van der Waals surface area contributed by atoms with Crippen LogP contribution in [0.2, 0.25) is 0 Å². The van der Waals surface area contributed by atoms with E-state index in [9.17, 15) is 24.3 Å². The number of amides is 1. The molecule has 3 aromatic heterocycles. The SMILES string of the molecule is COC(=O)c1ccc([C@H](C)NC(=O)c2cc(C(=O)O)n3ncnc3n2)cc1.Cl.Cn1c(=O)oc2ccc(CN)cc21. The van der Waals surface area contributed by atoms with E-state index in [1.54, 1.807) is 44.3 Å². The molecule has 0 saturated carbocycles. The molecule has 0 spiro atoms. The Balaban J connectivity index is 0.000000276. The molecule has 3 heterocycles. The molecule has 0 saturated heterocycles. The van der Waals surface area contributed by atoms with E-state index < -0.39 is 23.9 Å². The van der Waals surface area contributed by atoms with Gasteiger partial charge in [-0.15, -0.1) is 12.4 Å². The zero-order chi connectivity index (χ0) is 29.0. The summed E-state index contributed by atoms with van der Waals surface area (Å²) in [5.74, 6) is -2.61. The van der Waals surface area contributed by atoms with Crippen LogP contribution in [0, 0.1) is 0 Å². The molecule has 5 aromatic rings. The summed E-state index contributed by atoms with van der Waals surface area (Å²) in [7, 11) is 2.97. The predicted molar refractivity (Wildman–Crippen MR) is 148 cm³/mol. The lowest BCUT2D eigenvalue weighted by Gasteiger charge is -2.14. The minimum atomic E-state index is -1.26. The van der Waals surface area contributed by atoms with E-state index in [1.165, 1.54) is 11.7 Å². The first-order chi connectivity index (χ1) is 19.1. The first kappa shape index (κ1) is 30.5. The third-order valence-electron chi connectivity index (χ3n) is 5.97. The molecule has 0 aliphatic carbocycles. The number of hydrogen-bond donors (Lipinski definition) is 3. The van der Waals surface area contributed by atoms with Crippen LogP contribution in [0.4, 0.5) is 0 Å². The topological polar surface area (TPSA) is 197 Å². The Kier molecular flexibility index (Phi) is 9.55. The monoisotopic (exact) mass is 583 g/mol. The van der Waals surface area contributed by atoms with E-state index in [1.807, 2.05) is 12.1 Å². The van der Waals surface area contributed by atoms with Crippen molar-refractivity contribution in [1.29, 1.82) is 0 Å². The van der Waals surface area contributed by atoms with Gasteiger partial charge in [0.2, 0.25) is 0 Å². The van der Waals surface area contributed by atoms with Gasteiger partial charge < -0.3 is 25.3 Å². The van der Waals surface area contributed by atoms with Gasteiger partial charge in [0.05, 0.1) is 24.2 Å². The molecule has 214 valence electrons. The fourth-order valence-corrected chi connectivity index (χ4v) is 3.76. The van der Waals surface area contributed by atoms with Crippen LogP contribution in [0.3, 0.4) is 0 Å². The first-order valence-electron chi connectivity index (χ1n) is 11.8. The van der Waals surface area contributed by atoms with Crippen molar-refractivity contribution in [2.24, 2.45) is 12.8 Å². The Hall–Kier alpha value is -5.08. The highest BCUT2D eigenvalue weighted by Crippen LogP contribution is 2.16. The van der Waals surface area contributed by atoms with Gasteiger partial charge in [0.15, 0.2) is 11.3 Å². The van der Waals surface area contributed by atoms with E-state index in [0.29, 0.717) is 17.7 Å². The van der Waals surface area contributed by atoms with E-state index in [0.717, 1.165) is 33.6 Å². The molecular weight excluding hydrogens is 558 g/mol. The summed E-state index contributed by atoms with van der Waals surface area (Å²) in [5.41, 5.74) is 8.68. The second kappa shape index (κ2) is 12.8. The lowest BCUT2D eigenvalue weighted by Crippen LogP contribution is -2.28. The lowest BCUT2D eigenvalue weighted by molar-refractivity contribution is 0.0599. The number of aromatic nitrogens is 5. The molecule has 15 heteroatoms. The van der Waals surface area contributed by atoms with E-state index in [-0.39, 0.29) is 35.3 Å². The van der Waals surface area contributed by atoms with Crippen LogP contribution < -0.4 is 16.8 Å². The zero-order valence-electron chi connectivity index (χ0n) is 22.1. The largest absolute Gasteiger partial charge is 0.477 e. The molecule has 4 N–H and O–H groups in total. The smallest absolute Gasteiger partial charge is 0.419 e. The van der Waals surface area contributed by atoms with Crippen LogP contribution >= 0.6 is 12.4 Å². The molecule has 14 nitrogen and oxygen atoms in total. The van der Waals surface area contributed by atoms with Gasteiger partial charge >= 0.3 is 17.7 Å². The van der Waals surface area contributed by atoms with Crippen molar-refractivity contribution in [2.75, 3.05) is 7.11 Å². The number of aromatic carboxylic acids is 1. The highest BCUT2D eigenvalue weighted by atomic mass is 35.5. The average Bonchev–Trinajstić information content (AvgIpc) is 3.55. The summed E-state index contributed by atoms with van der Waals surface area (Å²) in [6.45, 7) is 2.22. The zero-order valence-corrected chi connectivity index (χ0v) is 22.9. The minimum absolute atomic E-state index is 0. The van der Waals surface area contributed by atoms with Crippen LogP contribution in [0.15, 0.2) is 64.1 Å². The first-order valence-corrected chi connectivity index (χ1v) is 11.8. The van der Waals surface area contributed by atoms with Crippen molar-refractivity contribution < 1.29 is 28.6 Å². The molecule has 1 amide bonds. The van der Waals surface area contributed by atoms with Gasteiger partial charge in [0.1, 0.15) is 12.0 Å². The number of benzene rings is 2. The fourth-order valence-electron chi connectivity index (χ4n) is 3.76. The number of carboxylic acids is 1. The molecule has 0 fully saturated rings. The standard InChI is InChI=1S/C17H15N5O5.C9H10N2O2.ClH/c1-9(10-3-5-11(6-4-10)16(26)27-2)20-14(23)12-7-13(15(24)25)22-17(21-12)18-8-19-22;1-11-7-4-6(5-10)2-3-8(7)13-9(11)12;/h3-9H,1-2H3,(H,20,23)(H,24,25);2-4H,5,10H2,1H3;1H/t9-;;/m0../s1. The minimum Gasteiger partial charge on any atom is -0.477 e. The number of hydrogen-bond acceptors (Lipinski definition) is 10. The number of nitrogens with two attached hydrogens (primary N) is 1. The number of aryl methyl sites for hydroxylation is 1. The number of carbonyl (C=O) groups excluding carboxylic acids is 2. The molecule has 0 radical (unpaired) electrons. The molecule has 2 aromatic carbocycles. The van der Waals surface area contributed by atoms with Crippen molar-refractivity contribution in [2.45, 2.75) is 19.5 Å². The van der Waals surface area contributed by atoms with Crippen molar-refractivity contribution >= 4 is 47.1 Å². The van der Waals surface area contributed by atoms with Gasteiger partial charge in [0.25, 0.3) is 11.7 Å². The summed E-state index contributed by atoms with van der Waals surface area (Å²) >= 11 is 0. The van der Waals surface area contributed by atoms with E-state index >= 15 is 0 Å². The number of carboxylic acid groups (broad SMARTS) is 1. The number of nitrogens with one attached hydrogen (secondary N) is 1. The van der Waals surface area contributed by atoms with Crippen LogP contribution in [0.1, 0.15) is 55.4 Å². The maximum Gasteiger partial charge on any atom is 0.419 e.